The van der Waals surface area contributed by atoms with E-state index in [4.69, 9.17) is 9.05 Å². The first-order valence-corrected chi connectivity index (χ1v) is 13.9. The zero-order valence-corrected chi connectivity index (χ0v) is 22.3. The number of benzene rings is 1. The number of phenolic OH excluding ortho intramolecular Hbond substituents is 1. The Balaban J connectivity index is 3.69. The highest BCUT2D eigenvalue weighted by molar-refractivity contribution is 7.71. The summed E-state index contributed by atoms with van der Waals surface area (Å²) in [5.74, 6) is 0.163. The Morgan fingerprint density at radius 2 is 1.13 bits per heavy atom. The van der Waals surface area contributed by atoms with Gasteiger partial charge in [0, 0.05) is 0 Å². The third-order valence-corrected chi connectivity index (χ3v) is 9.75. The summed E-state index contributed by atoms with van der Waals surface area (Å²) in [4.78, 5) is 21.3. The Labute approximate surface area is 187 Å². The molecule has 0 aliphatic heterocycles. The predicted octanol–water partition coefficient (Wildman–Crippen LogP) is 6.08. The minimum absolute atomic E-state index is 0.163. The molecule has 0 radical (unpaired) electrons. The Morgan fingerprint density at radius 1 is 0.806 bits per heavy atom. The molecule has 0 heterocycles. The molecule has 1 aromatic carbocycles. The molecule has 1 aromatic rings. The van der Waals surface area contributed by atoms with Crippen LogP contribution in [0, 0.1) is 0 Å². The first-order valence-electron chi connectivity index (χ1n) is 10.6. The molecule has 0 saturated carbocycles. The van der Waals surface area contributed by atoms with Crippen LogP contribution in [0.2, 0.25) is 0 Å². The minimum Gasteiger partial charge on any atom is -0.507 e. The number of hydrogen-bond donors (Lipinski definition) is 3. The van der Waals surface area contributed by atoms with E-state index in [9.17, 15) is 24.0 Å². The van der Waals surface area contributed by atoms with E-state index in [1.807, 2.05) is 41.5 Å². The molecular formula is C22H40O7P2. The summed E-state index contributed by atoms with van der Waals surface area (Å²) in [5, 5.41) is 9.26. The van der Waals surface area contributed by atoms with Gasteiger partial charge in [0.1, 0.15) is 5.75 Å². The average Bonchev–Trinajstić information content (AvgIpc) is 2.48. The van der Waals surface area contributed by atoms with Crippen LogP contribution in [-0.4, -0.2) is 32.5 Å². The van der Waals surface area contributed by atoms with Crippen molar-refractivity contribution in [2.75, 3.05) is 0 Å². The second-order valence-electron chi connectivity index (χ2n) is 10.7. The summed E-state index contributed by atoms with van der Waals surface area (Å²) in [6, 6.07) is 3.45. The highest BCUT2D eigenvalue weighted by atomic mass is 31.2. The molecule has 0 aliphatic carbocycles. The number of rotatable bonds is 8. The fourth-order valence-electron chi connectivity index (χ4n) is 3.33. The second-order valence-corrected chi connectivity index (χ2v) is 15.0. The van der Waals surface area contributed by atoms with Gasteiger partial charge in [0.15, 0.2) is 5.40 Å². The lowest BCUT2D eigenvalue weighted by molar-refractivity contribution is 0.184. The lowest BCUT2D eigenvalue weighted by Crippen LogP contribution is -2.22. The van der Waals surface area contributed by atoms with Crippen molar-refractivity contribution in [3.63, 3.8) is 0 Å². The van der Waals surface area contributed by atoms with Crippen LogP contribution < -0.4 is 0 Å². The smallest absolute Gasteiger partial charge is 0.343 e. The normalized spacial score (nSPS) is 18.1. The Kier molecular flexibility index (Phi) is 8.84. The second kappa shape index (κ2) is 9.67. The van der Waals surface area contributed by atoms with Crippen LogP contribution in [0.3, 0.4) is 0 Å². The zero-order valence-electron chi connectivity index (χ0n) is 20.5. The van der Waals surface area contributed by atoms with Gasteiger partial charge in [0.05, 0.1) is 12.2 Å². The molecule has 9 heteroatoms. The highest BCUT2D eigenvalue weighted by Crippen LogP contribution is 2.67. The molecule has 0 saturated heterocycles. The van der Waals surface area contributed by atoms with Gasteiger partial charge >= 0.3 is 15.2 Å². The topological polar surface area (TPSA) is 113 Å². The lowest BCUT2D eigenvalue weighted by atomic mass is 9.78. The maximum absolute atomic E-state index is 13.1. The Hall–Kier alpha value is -0.680. The van der Waals surface area contributed by atoms with Crippen molar-refractivity contribution in [2.45, 2.75) is 104 Å². The van der Waals surface area contributed by atoms with Crippen LogP contribution in [0.15, 0.2) is 12.1 Å². The SMILES string of the molecule is CC(C)OP(=O)(O)C(Cc1cc(C(C)(C)C)c(O)c(C(C)(C)C)c1)P(=O)(O)OC(C)C. The van der Waals surface area contributed by atoms with Crippen molar-refractivity contribution in [1.29, 1.82) is 0 Å². The van der Waals surface area contributed by atoms with Gasteiger partial charge in [-0.05, 0) is 61.6 Å². The van der Waals surface area contributed by atoms with Gasteiger partial charge in [-0.2, -0.15) is 0 Å². The van der Waals surface area contributed by atoms with E-state index in [1.54, 1.807) is 39.8 Å². The van der Waals surface area contributed by atoms with Gasteiger partial charge < -0.3 is 23.9 Å². The van der Waals surface area contributed by atoms with E-state index in [-0.39, 0.29) is 12.2 Å². The molecule has 2 atom stereocenters. The summed E-state index contributed by atoms with van der Waals surface area (Å²) in [6.45, 7) is 18.0. The van der Waals surface area contributed by atoms with Gasteiger partial charge in [-0.15, -0.1) is 0 Å². The van der Waals surface area contributed by atoms with Crippen LogP contribution >= 0.6 is 15.2 Å². The van der Waals surface area contributed by atoms with Gasteiger partial charge in [0.25, 0.3) is 0 Å². The molecule has 0 bridgehead atoms. The van der Waals surface area contributed by atoms with Crippen molar-refractivity contribution in [2.24, 2.45) is 0 Å². The van der Waals surface area contributed by atoms with Crippen molar-refractivity contribution in [3.8, 4) is 5.75 Å². The van der Waals surface area contributed by atoms with Crippen LogP contribution in [0.5, 0.6) is 5.75 Å². The fraction of sp³-hybridized carbons (Fsp3) is 0.727. The summed E-state index contributed by atoms with van der Waals surface area (Å²) in [6.07, 6.45) is -1.45. The maximum atomic E-state index is 13.1. The number of phenols is 1. The van der Waals surface area contributed by atoms with Crippen molar-refractivity contribution < 1.29 is 33.1 Å². The van der Waals surface area contributed by atoms with Crippen LogP contribution in [0.1, 0.15) is 85.9 Å². The molecule has 0 spiro atoms. The molecule has 2 unspecified atom stereocenters. The molecule has 0 aromatic heterocycles. The van der Waals surface area contributed by atoms with Crippen molar-refractivity contribution in [3.05, 3.63) is 28.8 Å². The molecule has 180 valence electrons. The standard InChI is InChI=1S/C22H40O7P2/c1-14(2)28-30(24,25)19(31(26,27)29-15(3)4)13-16-11-17(21(5,6)7)20(23)18(12-16)22(8,9)10/h11-12,14-15,19,23H,13H2,1-10H3,(H,24,25)(H,26,27). The molecule has 31 heavy (non-hydrogen) atoms. The molecular weight excluding hydrogens is 438 g/mol. The largest absolute Gasteiger partial charge is 0.507 e. The zero-order chi connectivity index (χ0) is 24.6. The Morgan fingerprint density at radius 3 is 1.39 bits per heavy atom. The van der Waals surface area contributed by atoms with E-state index in [0.717, 1.165) is 0 Å². The first kappa shape index (κ1) is 28.4. The monoisotopic (exact) mass is 478 g/mol. The fourth-order valence-corrected chi connectivity index (χ4v) is 7.50. The minimum atomic E-state index is -4.53. The lowest BCUT2D eigenvalue weighted by Gasteiger charge is -2.31. The summed E-state index contributed by atoms with van der Waals surface area (Å²) in [7, 11) is -9.05. The highest BCUT2D eigenvalue weighted by Gasteiger charge is 2.48. The Bertz CT molecular complexity index is 799. The van der Waals surface area contributed by atoms with Gasteiger partial charge in [-0.25, -0.2) is 0 Å². The number of hydrogen-bond acceptors (Lipinski definition) is 5. The summed E-state index contributed by atoms with van der Waals surface area (Å²) in [5.41, 5.74) is 1.04. The van der Waals surface area contributed by atoms with Crippen LogP contribution in [-0.2, 0) is 35.4 Å². The van der Waals surface area contributed by atoms with Gasteiger partial charge in [-0.3, -0.25) is 9.13 Å². The molecule has 7 nitrogen and oxygen atoms in total. The quantitative estimate of drug-likeness (QED) is 0.388. The molecule has 0 amide bonds. The third kappa shape index (κ3) is 7.70. The average molecular weight is 479 g/mol. The first-order chi connectivity index (χ1) is 13.7. The van der Waals surface area contributed by atoms with E-state index in [0.29, 0.717) is 16.7 Å². The maximum Gasteiger partial charge on any atom is 0.343 e. The molecule has 0 fully saturated rings. The third-order valence-electron chi connectivity index (χ3n) is 4.68. The van der Waals surface area contributed by atoms with Gasteiger partial charge in [-0.1, -0.05) is 53.7 Å². The van der Waals surface area contributed by atoms with E-state index in [2.05, 4.69) is 0 Å². The van der Waals surface area contributed by atoms with E-state index < -0.39 is 43.6 Å². The van der Waals surface area contributed by atoms with Crippen LogP contribution in [0.4, 0.5) is 0 Å². The van der Waals surface area contributed by atoms with Crippen molar-refractivity contribution in [1.82, 2.24) is 0 Å². The van der Waals surface area contributed by atoms with Gasteiger partial charge in [0.2, 0.25) is 0 Å². The number of aromatic hydroxyl groups is 1. The molecule has 1 rings (SSSR count). The van der Waals surface area contributed by atoms with Crippen molar-refractivity contribution >= 4 is 15.2 Å². The predicted molar refractivity (Wildman–Crippen MR) is 125 cm³/mol. The van der Waals surface area contributed by atoms with Crippen LogP contribution in [0.25, 0.3) is 0 Å². The van der Waals surface area contributed by atoms with E-state index >= 15 is 0 Å². The summed E-state index contributed by atoms with van der Waals surface area (Å²) < 4.78 is 36.5. The molecule has 0 aliphatic rings. The molecule has 3 N–H and O–H groups in total. The van der Waals surface area contributed by atoms with E-state index in [1.165, 1.54) is 0 Å². The summed E-state index contributed by atoms with van der Waals surface area (Å²) >= 11 is 0.